The number of amides is 1. The molecule has 1 atom stereocenters. The summed E-state index contributed by atoms with van der Waals surface area (Å²) in [5, 5.41) is 2.82. The van der Waals surface area contributed by atoms with E-state index in [4.69, 9.17) is 0 Å². The minimum absolute atomic E-state index is 0.0503. The molecule has 5 nitrogen and oxygen atoms in total. The quantitative estimate of drug-likeness (QED) is 0.835. The van der Waals surface area contributed by atoms with Crippen molar-refractivity contribution >= 4 is 15.9 Å². The summed E-state index contributed by atoms with van der Waals surface area (Å²) in [7, 11) is -2.23. The molecule has 0 aliphatic carbocycles. The number of carbonyl (C=O) groups excluding carboxylic acids is 1. The highest BCUT2D eigenvalue weighted by atomic mass is 32.2. The fourth-order valence-corrected chi connectivity index (χ4v) is 3.70. The molecule has 0 saturated heterocycles. The van der Waals surface area contributed by atoms with E-state index in [2.05, 4.69) is 5.32 Å². The van der Waals surface area contributed by atoms with Crippen molar-refractivity contribution < 1.29 is 13.2 Å². The minimum atomic E-state index is -3.66. The molecule has 22 heavy (non-hydrogen) atoms. The van der Waals surface area contributed by atoms with Crippen LogP contribution in [-0.2, 0) is 14.8 Å². The molecule has 0 fully saturated rings. The lowest BCUT2D eigenvalue weighted by molar-refractivity contribution is -0.121. The molecule has 0 bridgehead atoms. The first-order valence-electron chi connectivity index (χ1n) is 7.51. The largest absolute Gasteiger partial charge is 0.353 e. The summed E-state index contributed by atoms with van der Waals surface area (Å²) < 4.78 is 26.3. The lowest BCUT2D eigenvalue weighted by atomic mass is 10.2. The third-order valence-corrected chi connectivity index (χ3v) is 5.47. The van der Waals surface area contributed by atoms with Crippen LogP contribution in [0.3, 0.4) is 0 Å². The molecule has 1 rings (SSSR count). The highest BCUT2D eigenvalue weighted by molar-refractivity contribution is 7.89. The molecule has 0 saturated carbocycles. The number of benzene rings is 1. The van der Waals surface area contributed by atoms with Crippen molar-refractivity contribution in [3.63, 3.8) is 0 Å². The van der Waals surface area contributed by atoms with E-state index in [1.807, 2.05) is 26.8 Å². The minimum Gasteiger partial charge on any atom is -0.353 e. The molecule has 1 aromatic rings. The van der Waals surface area contributed by atoms with Gasteiger partial charge in [0.2, 0.25) is 15.9 Å². The van der Waals surface area contributed by atoms with Crippen LogP contribution in [0.15, 0.2) is 23.1 Å². The molecule has 6 heteroatoms. The molecular weight excluding hydrogens is 300 g/mol. The van der Waals surface area contributed by atoms with Crippen LogP contribution in [0.4, 0.5) is 0 Å². The molecule has 0 radical (unpaired) electrons. The molecule has 0 aliphatic rings. The van der Waals surface area contributed by atoms with Gasteiger partial charge in [-0.2, -0.15) is 4.31 Å². The summed E-state index contributed by atoms with van der Waals surface area (Å²) in [4.78, 5) is 12.2. The van der Waals surface area contributed by atoms with Gasteiger partial charge < -0.3 is 5.32 Å². The molecule has 1 N–H and O–H groups in total. The van der Waals surface area contributed by atoms with Crippen LogP contribution in [0.25, 0.3) is 0 Å². The molecule has 0 aromatic heterocycles. The number of nitrogens with zero attached hydrogens (tertiary/aromatic N) is 1. The van der Waals surface area contributed by atoms with E-state index in [0.29, 0.717) is 5.56 Å². The maximum Gasteiger partial charge on any atom is 0.243 e. The smallest absolute Gasteiger partial charge is 0.243 e. The highest BCUT2D eigenvalue weighted by Crippen LogP contribution is 2.20. The Labute approximate surface area is 133 Å². The van der Waals surface area contributed by atoms with Crippen molar-refractivity contribution in [2.45, 2.75) is 51.5 Å². The van der Waals surface area contributed by atoms with Crippen molar-refractivity contribution in [3.8, 4) is 0 Å². The van der Waals surface area contributed by atoms with Crippen molar-refractivity contribution in [2.75, 3.05) is 13.6 Å². The number of carbonyl (C=O) groups is 1. The molecule has 124 valence electrons. The third kappa shape index (κ3) is 4.81. The number of sulfonamides is 1. The van der Waals surface area contributed by atoms with E-state index in [0.717, 1.165) is 22.7 Å². The number of hydrogen-bond acceptors (Lipinski definition) is 3. The average Bonchev–Trinajstić information content (AvgIpc) is 2.41. The zero-order chi connectivity index (χ0) is 16.9. The van der Waals surface area contributed by atoms with Gasteiger partial charge in [0.15, 0.2) is 0 Å². The first-order chi connectivity index (χ1) is 10.2. The van der Waals surface area contributed by atoms with Crippen molar-refractivity contribution in [1.82, 2.24) is 9.62 Å². The molecule has 0 heterocycles. The second-order valence-electron chi connectivity index (χ2n) is 5.79. The number of hydrogen-bond donors (Lipinski definition) is 1. The Balaban J connectivity index is 2.85. The fraction of sp³-hybridized carbons (Fsp3) is 0.562. The van der Waals surface area contributed by atoms with Crippen LogP contribution >= 0.6 is 0 Å². The molecule has 0 unspecified atom stereocenters. The molecule has 1 aromatic carbocycles. The SMILES string of the molecule is CCC[C@@H](C)NC(=O)CN(C)S(=O)(=O)c1cc(C)ccc1C. The van der Waals surface area contributed by atoms with Gasteiger partial charge in [-0.1, -0.05) is 25.5 Å². The summed E-state index contributed by atoms with van der Waals surface area (Å²) >= 11 is 0. The predicted octanol–water partition coefficient (Wildman–Crippen LogP) is 2.23. The standard InChI is InChI=1S/C16H26N2O3S/c1-6-7-14(4)17-16(19)11-18(5)22(20,21)15-10-12(2)8-9-13(15)3/h8-10,14H,6-7,11H2,1-5H3,(H,17,19)/t14-/m1/s1. The number of rotatable bonds is 7. The molecule has 1 amide bonds. The zero-order valence-corrected chi connectivity index (χ0v) is 14.8. The summed E-state index contributed by atoms with van der Waals surface area (Å²) in [6.07, 6.45) is 1.84. The van der Waals surface area contributed by atoms with Crippen LogP contribution in [0.2, 0.25) is 0 Å². The normalized spacial score (nSPS) is 13.2. The van der Waals surface area contributed by atoms with Crippen LogP contribution in [0.5, 0.6) is 0 Å². The maximum atomic E-state index is 12.6. The Morgan fingerprint density at radius 1 is 1.32 bits per heavy atom. The van der Waals surface area contributed by atoms with E-state index < -0.39 is 10.0 Å². The molecule has 0 aliphatic heterocycles. The number of aryl methyl sites for hydroxylation is 2. The maximum absolute atomic E-state index is 12.6. The Kier molecular flexibility index (Phi) is 6.56. The predicted molar refractivity (Wildman–Crippen MR) is 88.2 cm³/mol. The van der Waals surface area contributed by atoms with Gasteiger partial charge in [-0.15, -0.1) is 0 Å². The van der Waals surface area contributed by atoms with Crippen LogP contribution in [-0.4, -0.2) is 38.3 Å². The third-order valence-electron chi connectivity index (χ3n) is 3.53. The topological polar surface area (TPSA) is 66.5 Å². The van der Waals surface area contributed by atoms with Gasteiger partial charge in [0.25, 0.3) is 0 Å². The highest BCUT2D eigenvalue weighted by Gasteiger charge is 2.25. The second kappa shape index (κ2) is 7.74. The first kappa shape index (κ1) is 18.6. The van der Waals surface area contributed by atoms with E-state index in [-0.39, 0.29) is 23.4 Å². The Morgan fingerprint density at radius 3 is 2.55 bits per heavy atom. The van der Waals surface area contributed by atoms with Crippen molar-refractivity contribution in [3.05, 3.63) is 29.3 Å². The van der Waals surface area contributed by atoms with Gasteiger partial charge in [0, 0.05) is 13.1 Å². The lowest BCUT2D eigenvalue weighted by Crippen LogP contribution is -2.41. The van der Waals surface area contributed by atoms with Gasteiger partial charge in [-0.3, -0.25) is 4.79 Å². The van der Waals surface area contributed by atoms with E-state index >= 15 is 0 Å². The van der Waals surface area contributed by atoms with Crippen LogP contribution in [0.1, 0.15) is 37.8 Å². The number of nitrogens with one attached hydrogen (secondary N) is 1. The Morgan fingerprint density at radius 2 is 1.95 bits per heavy atom. The average molecular weight is 326 g/mol. The van der Waals surface area contributed by atoms with E-state index in [9.17, 15) is 13.2 Å². The molecule has 0 spiro atoms. The Hall–Kier alpha value is -1.40. The zero-order valence-electron chi connectivity index (χ0n) is 14.0. The van der Waals surface area contributed by atoms with Crippen molar-refractivity contribution in [2.24, 2.45) is 0 Å². The van der Waals surface area contributed by atoms with Crippen molar-refractivity contribution in [1.29, 1.82) is 0 Å². The number of likely N-dealkylation sites (N-methyl/N-ethyl adjacent to an activating group) is 1. The second-order valence-corrected chi connectivity index (χ2v) is 7.80. The summed E-state index contributed by atoms with van der Waals surface area (Å²) in [6, 6.07) is 5.33. The van der Waals surface area contributed by atoms with Crippen LogP contribution in [0, 0.1) is 13.8 Å². The van der Waals surface area contributed by atoms with Gasteiger partial charge in [0.05, 0.1) is 11.4 Å². The van der Waals surface area contributed by atoms with Gasteiger partial charge in [0.1, 0.15) is 0 Å². The van der Waals surface area contributed by atoms with Gasteiger partial charge in [-0.25, -0.2) is 8.42 Å². The summed E-state index contributed by atoms with van der Waals surface area (Å²) in [6.45, 7) is 7.38. The van der Waals surface area contributed by atoms with Crippen LogP contribution < -0.4 is 5.32 Å². The first-order valence-corrected chi connectivity index (χ1v) is 8.95. The summed E-state index contributed by atoms with van der Waals surface area (Å²) in [5.41, 5.74) is 1.55. The van der Waals surface area contributed by atoms with Gasteiger partial charge in [-0.05, 0) is 44.4 Å². The Bertz CT molecular complexity index is 626. The fourth-order valence-electron chi connectivity index (χ4n) is 2.27. The van der Waals surface area contributed by atoms with E-state index in [1.165, 1.54) is 7.05 Å². The van der Waals surface area contributed by atoms with E-state index in [1.54, 1.807) is 19.1 Å². The summed E-state index contributed by atoms with van der Waals surface area (Å²) in [5.74, 6) is -0.280. The molecular formula is C16H26N2O3S. The monoisotopic (exact) mass is 326 g/mol. The van der Waals surface area contributed by atoms with Gasteiger partial charge >= 0.3 is 0 Å². The lowest BCUT2D eigenvalue weighted by Gasteiger charge is -2.20.